The highest BCUT2D eigenvalue weighted by Crippen LogP contribution is 2.36. The summed E-state index contributed by atoms with van der Waals surface area (Å²) in [5.74, 6) is -1.98. The number of nitrogens with one attached hydrogen (secondary N) is 1. The predicted molar refractivity (Wildman–Crippen MR) is 111 cm³/mol. The van der Waals surface area contributed by atoms with Gasteiger partial charge in [0, 0.05) is 36.7 Å². The number of alkyl halides is 5. The number of hydrogen-bond acceptors (Lipinski definition) is 4. The van der Waals surface area contributed by atoms with E-state index in [9.17, 15) is 27.2 Å². The quantitative estimate of drug-likeness (QED) is 0.397. The number of nitrogens with zero attached hydrogens (tertiary/aromatic N) is 3. The van der Waals surface area contributed by atoms with Crippen LogP contribution in [0.5, 0.6) is 0 Å². The van der Waals surface area contributed by atoms with Gasteiger partial charge in [0.2, 0.25) is 0 Å². The molecule has 32 heavy (non-hydrogen) atoms. The number of anilines is 1. The second kappa shape index (κ2) is 9.03. The van der Waals surface area contributed by atoms with Crippen molar-refractivity contribution in [3.63, 3.8) is 0 Å². The number of likely N-dealkylation sites (tertiary alicyclic amines) is 1. The maximum atomic E-state index is 14.0. The molecule has 2 heterocycles. The van der Waals surface area contributed by atoms with Crippen LogP contribution in [0.3, 0.4) is 0 Å². The highest BCUT2D eigenvalue weighted by Gasteiger charge is 2.50. The molecule has 1 aromatic heterocycles. The molecule has 1 aliphatic heterocycles. The molecule has 0 unspecified atom stereocenters. The first-order valence-electron chi connectivity index (χ1n) is 9.66. The number of rotatable bonds is 6. The first-order valence-corrected chi connectivity index (χ1v) is 10.1. The summed E-state index contributed by atoms with van der Waals surface area (Å²) < 4.78 is 52.4. The molecule has 0 bridgehead atoms. The molecule has 1 saturated heterocycles. The fourth-order valence-electron chi connectivity index (χ4n) is 3.51. The molecule has 3 rings (SSSR count). The van der Waals surface area contributed by atoms with Gasteiger partial charge >= 0.3 is 6.30 Å². The van der Waals surface area contributed by atoms with E-state index in [1.165, 1.54) is 43.6 Å². The molecule has 11 heteroatoms. The molecule has 1 aromatic carbocycles. The summed E-state index contributed by atoms with van der Waals surface area (Å²) in [6.07, 6.45) is -1.72. The van der Waals surface area contributed by atoms with Gasteiger partial charge in [0.1, 0.15) is 0 Å². The summed E-state index contributed by atoms with van der Waals surface area (Å²) in [6.45, 7) is 2.32. The van der Waals surface area contributed by atoms with E-state index in [4.69, 9.17) is 11.6 Å². The monoisotopic (exact) mass is 472 g/mol. The SMILES string of the molecule is Cc1ccc(N(C(=O)[C@H](F)Cl)[C@](C)(C(=O)NC2CN(C(F)(F)F)C2)c2cccnc2)cc1. The molecule has 0 spiro atoms. The Balaban J connectivity index is 2.02. The van der Waals surface area contributed by atoms with Gasteiger partial charge < -0.3 is 5.32 Å². The Kier molecular flexibility index (Phi) is 6.75. The normalized spacial score (nSPS) is 17.7. The van der Waals surface area contributed by atoms with E-state index in [1.807, 2.05) is 6.92 Å². The number of aromatic nitrogens is 1. The highest BCUT2D eigenvalue weighted by atomic mass is 35.5. The van der Waals surface area contributed by atoms with Crippen molar-refractivity contribution in [3.8, 4) is 0 Å². The number of hydrogen-bond donors (Lipinski definition) is 1. The maximum Gasteiger partial charge on any atom is 0.460 e. The van der Waals surface area contributed by atoms with Gasteiger partial charge in [-0.05, 0) is 32.0 Å². The average molecular weight is 473 g/mol. The second-order valence-electron chi connectivity index (χ2n) is 7.67. The summed E-state index contributed by atoms with van der Waals surface area (Å²) in [5, 5.41) is 2.55. The van der Waals surface area contributed by atoms with Crippen molar-refractivity contribution in [2.75, 3.05) is 18.0 Å². The number of halogens is 5. The first-order chi connectivity index (χ1) is 14.9. The van der Waals surface area contributed by atoms with Crippen LogP contribution in [0, 0.1) is 6.92 Å². The number of aryl methyl sites for hydroxylation is 1. The Hall–Kier alpha value is -2.72. The zero-order chi connectivity index (χ0) is 23.7. The zero-order valence-electron chi connectivity index (χ0n) is 17.2. The van der Waals surface area contributed by atoms with Gasteiger partial charge in [0.25, 0.3) is 17.4 Å². The van der Waals surface area contributed by atoms with Crippen LogP contribution in [0.2, 0.25) is 0 Å². The van der Waals surface area contributed by atoms with Gasteiger partial charge in [0.15, 0.2) is 5.54 Å². The fourth-order valence-corrected chi connectivity index (χ4v) is 3.61. The third-order valence-electron chi connectivity index (χ3n) is 5.39. The maximum absolute atomic E-state index is 14.0. The summed E-state index contributed by atoms with van der Waals surface area (Å²) in [4.78, 5) is 31.4. The second-order valence-corrected chi connectivity index (χ2v) is 8.05. The van der Waals surface area contributed by atoms with Gasteiger partial charge in [0.05, 0.1) is 6.04 Å². The van der Waals surface area contributed by atoms with Crippen LogP contribution in [-0.2, 0) is 15.1 Å². The van der Waals surface area contributed by atoms with Crippen molar-refractivity contribution in [1.82, 2.24) is 15.2 Å². The molecule has 0 aliphatic carbocycles. The number of amides is 2. The topological polar surface area (TPSA) is 65.5 Å². The molecule has 1 fully saturated rings. The van der Waals surface area contributed by atoms with E-state index in [-0.39, 0.29) is 16.2 Å². The van der Waals surface area contributed by atoms with E-state index < -0.39 is 48.4 Å². The molecule has 2 amide bonds. The van der Waals surface area contributed by atoms with Gasteiger partial charge in [-0.2, -0.15) is 13.2 Å². The van der Waals surface area contributed by atoms with Crippen LogP contribution in [0.15, 0.2) is 48.8 Å². The minimum Gasteiger partial charge on any atom is -0.348 e. The molecule has 172 valence electrons. The van der Waals surface area contributed by atoms with Crippen LogP contribution >= 0.6 is 11.6 Å². The van der Waals surface area contributed by atoms with Crippen molar-refractivity contribution in [2.45, 2.75) is 37.4 Å². The fraction of sp³-hybridized carbons (Fsp3) is 0.381. The molecule has 2 atom stereocenters. The minimum absolute atomic E-state index is 0.191. The van der Waals surface area contributed by atoms with E-state index in [0.29, 0.717) is 0 Å². The standard InChI is InChI=1S/C21H21ClF4N4O2/c1-13-5-7-16(8-6-13)30(18(31)17(22)23)20(2,14-4-3-9-27-10-14)19(32)28-15-11-29(12-15)21(24,25)26/h3-10,15,17H,11-12H2,1-2H3,(H,28,32)/t17-,20-/m0/s1. The smallest absolute Gasteiger partial charge is 0.348 e. The number of benzene rings is 1. The van der Waals surface area contributed by atoms with E-state index in [0.717, 1.165) is 10.5 Å². The minimum atomic E-state index is -4.50. The molecule has 6 nitrogen and oxygen atoms in total. The third-order valence-corrected chi connectivity index (χ3v) is 5.57. The van der Waals surface area contributed by atoms with Gasteiger partial charge in [-0.3, -0.25) is 19.5 Å². The molecular formula is C21H21ClF4N4O2. The third kappa shape index (κ3) is 4.71. The predicted octanol–water partition coefficient (Wildman–Crippen LogP) is 3.49. The Morgan fingerprint density at radius 2 is 1.84 bits per heavy atom. The van der Waals surface area contributed by atoms with Crippen molar-refractivity contribution in [3.05, 3.63) is 59.9 Å². The number of carbonyl (C=O) groups is 2. The van der Waals surface area contributed by atoms with Crippen molar-refractivity contribution < 1.29 is 27.2 Å². The molecule has 2 aromatic rings. The molecule has 1 N–H and O–H groups in total. The van der Waals surface area contributed by atoms with Gasteiger partial charge in [-0.25, -0.2) is 9.29 Å². The lowest BCUT2D eigenvalue weighted by molar-refractivity contribution is -0.269. The molecular weight excluding hydrogens is 452 g/mol. The average Bonchev–Trinajstić information content (AvgIpc) is 2.71. The van der Waals surface area contributed by atoms with Crippen molar-refractivity contribution in [2.24, 2.45) is 0 Å². The summed E-state index contributed by atoms with van der Waals surface area (Å²) in [5.41, 5.74) is -3.02. The van der Waals surface area contributed by atoms with Crippen molar-refractivity contribution >= 4 is 29.1 Å². The first kappa shape index (κ1) is 23.9. The molecule has 0 radical (unpaired) electrons. The Morgan fingerprint density at radius 1 is 1.22 bits per heavy atom. The van der Waals surface area contributed by atoms with E-state index in [1.54, 1.807) is 12.1 Å². The number of pyridine rings is 1. The van der Waals surface area contributed by atoms with Crippen LogP contribution in [-0.4, -0.2) is 52.8 Å². The lowest BCUT2D eigenvalue weighted by atomic mass is 9.88. The Morgan fingerprint density at radius 3 is 2.34 bits per heavy atom. The number of carbonyl (C=O) groups excluding carboxylic acids is 2. The highest BCUT2D eigenvalue weighted by molar-refractivity contribution is 6.32. The Labute approximate surface area is 187 Å². The van der Waals surface area contributed by atoms with Crippen molar-refractivity contribution in [1.29, 1.82) is 0 Å². The van der Waals surface area contributed by atoms with Crippen LogP contribution < -0.4 is 10.2 Å². The van der Waals surface area contributed by atoms with Gasteiger partial charge in [-0.15, -0.1) is 0 Å². The lowest BCUT2D eigenvalue weighted by Crippen LogP contribution is -2.67. The molecule has 1 aliphatic rings. The Bertz CT molecular complexity index is 966. The summed E-state index contributed by atoms with van der Waals surface area (Å²) in [6, 6.07) is 8.66. The lowest BCUT2D eigenvalue weighted by Gasteiger charge is -2.44. The van der Waals surface area contributed by atoms with E-state index in [2.05, 4.69) is 10.3 Å². The van der Waals surface area contributed by atoms with Crippen LogP contribution in [0.25, 0.3) is 0 Å². The largest absolute Gasteiger partial charge is 0.460 e. The van der Waals surface area contributed by atoms with Gasteiger partial charge in [-0.1, -0.05) is 35.4 Å². The van der Waals surface area contributed by atoms with E-state index >= 15 is 0 Å². The molecule has 0 saturated carbocycles. The summed E-state index contributed by atoms with van der Waals surface area (Å²) >= 11 is 5.48. The van der Waals surface area contributed by atoms with Crippen LogP contribution in [0.4, 0.5) is 23.2 Å². The zero-order valence-corrected chi connectivity index (χ0v) is 18.0. The van der Waals surface area contributed by atoms with Crippen LogP contribution in [0.1, 0.15) is 18.1 Å². The summed E-state index contributed by atoms with van der Waals surface area (Å²) in [7, 11) is 0.